The predicted molar refractivity (Wildman–Crippen MR) is 90.5 cm³/mol. The number of hydrogen-bond donors (Lipinski definition) is 1. The second-order valence-corrected chi connectivity index (χ2v) is 6.12. The van der Waals surface area contributed by atoms with Crippen molar-refractivity contribution in [2.24, 2.45) is 0 Å². The molecule has 2 heterocycles. The normalized spacial score (nSPS) is 10.6. The zero-order valence-electron chi connectivity index (χ0n) is 12.9. The number of thiophene rings is 1. The second kappa shape index (κ2) is 7.35. The Hall–Kier alpha value is -2.87. The fourth-order valence-electron chi connectivity index (χ4n) is 2.23. The van der Waals surface area contributed by atoms with Crippen LogP contribution in [0.5, 0.6) is 0 Å². The largest absolute Gasteiger partial charge is 0.350 e. The summed E-state index contributed by atoms with van der Waals surface area (Å²) >= 11 is 1.50. The molecule has 0 saturated carbocycles. The number of benzene rings is 1. The molecule has 0 aliphatic heterocycles. The summed E-state index contributed by atoms with van der Waals surface area (Å²) in [6.07, 6.45) is 0. The summed E-state index contributed by atoms with van der Waals surface area (Å²) in [5, 5.41) is 8.68. The van der Waals surface area contributed by atoms with Crippen LogP contribution < -0.4 is 10.9 Å². The van der Waals surface area contributed by atoms with Crippen LogP contribution in [0, 0.1) is 11.6 Å². The van der Waals surface area contributed by atoms with Gasteiger partial charge in [0.1, 0.15) is 17.3 Å². The molecule has 0 unspecified atom stereocenters. The van der Waals surface area contributed by atoms with E-state index >= 15 is 0 Å². The van der Waals surface area contributed by atoms with Crippen molar-refractivity contribution in [3.63, 3.8) is 0 Å². The highest BCUT2D eigenvalue weighted by Gasteiger charge is 2.09. The Morgan fingerprint density at radius 1 is 1.16 bits per heavy atom. The van der Waals surface area contributed by atoms with Gasteiger partial charge in [-0.1, -0.05) is 6.07 Å². The second-order valence-electron chi connectivity index (χ2n) is 5.17. The molecule has 3 aromatic rings. The first kappa shape index (κ1) is 17.0. The van der Waals surface area contributed by atoms with Gasteiger partial charge in [0.25, 0.3) is 11.5 Å². The highest BCUT2D eigenvalue weighted by molar-refractivity contribution is 7.13. The maximum absolute atomic E-state index is 13.1. The van der Waals surface area contributed by atoms with Gasteiger partial charge in [0, 0.05) is 24.2 Å². The number of rotatable bonds is 5. The van der Waals surface area contributed by atoms with Crippen LogP contribution in [-0.2, 0) is 6.54 Å². The molecule has 0 atom stereocenters. The van der Waals surface area contributed by atoms with Crippen LogP contribution in [0.4, 0.5) is 8.78 Å². The fraction of sp³-hybridized carbons (Fsp3) is 0.118. The first-order chi connectivity index (χ1) is 12.0. The van der Waals surface area contributed by atoms with Gasteiger partial charge >= 0.3 is 0 Å². The number of halogens is 2. The summed E-state index contributed by atoms with van der Waals surface area (Å²) in [5.74, 6) is -2.28. The number of nitrogens with zero attached hydrogens (tertiary/aromatic N) is 2. The number of carbonyl (C=O) groups excluding carboxylic acids is 1. The summed E-state index contributed by atoms with van der Waals surface area (Å²) < 4.78 is 27.5. The van der Waals surface area contributed by atoms with Gasteiger partial charge in [-0.3, -0.25) is 9.59 Å². The van der Waals surface area contributed by atoms with Gasteiger partial charge in [-0.05, 0) is 29.6 Å². The van der Waals surface area contributed by atoms with Crippen LogP contribution >= 0.6 is 11.3 Å². The van der Waals surface area contributed by atoms with E-state index in [9.17, 15) is 18.4 Å². The SMILES string of the molecule is O=C(NCCn1nc(-c2cccs2)ccc1=O)c1cc(F)cc(F)c1. The van der Waals surface area contributed by atoms with Crippen LogP contribution in [0.25, 0.3) is 10.6 Å². The van der Waals surface area contributed by atoms with Crippen LogP contribution in [0.3, 0.4) is 0 Å². The Morgan fingerprint density at radius 3 is 2.60 bits per heavy atom. The van der Waals surface area contributed by atoms with Crippen molar-refractivity contribution in [1.29, 1.82) is 0 Å². The number of hydrogen-bond acceptors (Lipinski definition) is 4. The lowest BCUT2D eigenvalue weighted by atomic mass is 10.2. The van der Waals surface area contributed by atoms with Crippen molar-refractivity contribution in [2.75, 3.05) is 6.54 Å². The van der Waals surface area contributed by atoms with Crippen LogP contribution in [0.1, 0.15) is 10.4 Å². The van der Waals surface area contributed by atoms with E-state index in [1.165, 1.54) is 22.1 Å². The molecule has 3 rings (SSSR count). The average molecular weight is 361 g/mol. The molecule has 8 heteroatoms. The number of amides is 1. The van der Waals surface area contributed by atoms with E-state index in [0.29, 0.717) is 11.8 Å². The molecule has 1 N–H and O–H groups in total. The van der Waals surface area contributed by atoms with E-state index < -0.39 is 17.5 Å². The highest BCUT2D eigenvalue weighted by atomic mass is 32.1. The molecule has 0 radical (unpaired) electrons. The topological polar surface area (TPSA) is 64.0 Å². The van der Waals surface area contributed by atoms with Crippen LogP contribution in [0.2, 0.25) is 0 Å². The van der Waals surface area contributed by atoms with Crippen LogP contribution in [0.15, 0.2) is 52.6 Å². The van der Waals surface area contributed by atoms with Crippen LogP contribution in [-0.4, -0.2) is 22.2 Å². The molecule has 0 bridgehead atoms. The minimum absolute atomic E-state index is 0.0950. The molecule has 1 amide bonds. The van der Waals surface area contributed by atoms with E-state index in [4.69, 9.17) is 0 Å². The molecule has 5 nitrogen and oxygen atoms in total. The quantitative estimate of drug-likeness (QED) is 0.760. The zero-order chi connectivity index (χ0) is 17.8. The van der Waals surface area contributed by atoms with Gasteiger partial charge in [0.15, 0.2) is 0 Å². The third-order valence-corrected chi connectivity index (χ3v) is 4.27. The summed E-state index contributed by atoms with van der Waals surface area (Å²) in [5.41, 5.74) is 0.240. The van der Waals surface area contributed by atoms with E-state index in [-0.39, 0.29) is 24.2 Å². The van der Waals surface area contributed by atoms with E-state index in [1.807, 2.05) is 17.5 Å². The van der Waals surface area contributed by atoms with Crippen molar-refractivity contribution < 1.29 is 13.6 Å². The first-order valence-corrected chi connectivity index (χ1v) is 8.27. The summed E-state index contributed by atoms with van der Waals surface area (Å²) in [6.45, 7) is 0.235. The van der Waals surface area contributed by atoms with Crippen molar-refractivity contribution >= 4 is 17.2 Å². The standard InChI is InChI=1S/C17H13F2N3O2S/c18-12-8-11(9-13(19)10-12)17(24)20-5-6-22-16(23)4-3-14(21-22)15-2-1-7-25-15/h1-4,7-10H,5-6H2,(H,20,24). The first-order valence-electron chi connectivity index (χ1n) is 7.39. The molecular weight excluding hydrogens is 348 g/mol. The molecule has 0 fully saturated rings. The molecule has 2 aromatic heterocycles. The van der Waals surface area contributed by atoms with Gasteiger partial charge in [-0.15, -0.1) is 11.3 Å². The van der Waals surface area contributed by atoms with E-state index in [2.05, 4.69) is 10.4 Å². The number of carbonyl (C=O) groups is 1. The molecule has 128 valence electrons. The Balaban J connectivity index is 1.66. The summed E-state index contributed by atoms with van der Waals surface area (Å²) in [7, 11) is 0. The molecule has 0 aliphatic rings. The maximum Gasteiger partial charge on any atom is 0.266 e. The molecule has 0 spiro atoms. The summed E-state index contributed by atoms with van der Waals surface area (Å²) in [4.78, 5) is 24.7. The molecule has 25 heavy (non-hydrogen) atoms. The van der Waals surface area contributed by atoms with E-state index in [1.54, 1.807) is 6.07 Å². The maximum atomic E-state index is 13.1. The monoisotopic (exact) mass is 361 g/mol. The minimum atomic E-state index is -0.827. The highest BCUT2D eigenvalue weighted by Crippen LogP contribution is 2.20. The third kappa shape index (κ3) is 4.16. The Morgan fingerprint density at radius 2 is 1.92 bits per heavy atom. The molecular formula is C17H13F2N3O2S. The Labute approximate surface area is 145 Å². The fourth-order valence-corrected chi connectivity index (χ4v) is 2.92. The van der Waals surface area contributed by atoms with E-state index in [0.717, 1.165) is 17.0 Å². The Bertz CT molecular complexity index is 935. The van der Waals surface area contributed by atoms with Gasteiger partial charge in [0.05, 0.1) is 11.4 Å². The van der Waals surface area contributed by atoms with Crippen molar-refractivity contribution in [1.82, 2.24) is 15.1 Å². The molecule has 0 aliphatic carbocycles. The lowest BCUT2D eigenvalue weighted by Crippen LogP contribution is -2.32. The number of aromatic nitrogens is 2. The molecule has 0 saturated heterocycles. The third-order valence-electron chi connectivity index (χ3n) is 3.37. The Kier molecular flexibility index (Phi) is 4.99. The predicted octanol–water partition coefficient (Wildman–Crippen LogP) is 2.68. The van der Waals surface area contributed by atoms with Gasteiger partial charge < -0.3 is 5.32 Å². The summed E-state index contributed by atoms with van der Waals surface area (Å²) in [6, 6.07) is 9.40. The lowest BCUT2D eigenvalue weighted by Gasteiger charge is -2.08. The smallest absolute Gasteiger partial charge is 0.266 e. The average Bonchev–Trinajstić information content (AvgIpc) is 3.10. The van der Waals surface area contributed by atoms with Gasteiger partial charge in [-0.2, -0.15) is 5.10 Å². The van der Waals surface area contributed by atoms with Crippen molar-refractivity contribution in [3.8, 4) is 10.6 Å². The molecule has 1 aromatic carbocycles. The van der Waals surface area contributed by atoms with Crippen molar-refractivity contribution in [2.45, 2.75) is 6.54 Å². The minimum Gasteiger partial charge on any atom is -0.350 e. The number of nitrogens with one attached hydrogen (secondary N) is 1. The van der Waals surface area contributed by atoms with Gasteiger partial charge in [-0.25, -0.2) is 13.5 Å². The zero-order valence-corrected chi connectivity index (χ0v) is 13.7. The van der Waals surface area contributed by atoms with Crippen molar-refractivity contribution in [3.05, 3.63) is 75.4 Å². The van der Waals surface area contributed by atoms with Gasteiger partial charge in [0.2, 0.25) is 0 Å². The lowest BCUT2D eigenvalue weighted by molar-refractivity contribution is 0.0951.